The van der Waals surface area contributed by atoms with Gasteiger partial charge in [0.25, 0.3) is 0 Å². The van der Waals surface area contributed by atoms with E-state index in [1.54, 1.807) is 88.2 Å². The van der Waals surface area contributed by atoms with E-state index in [9.17, 15) is 0 Å². The molecule has 44 heavy (non-hydrogen) atoms. The predicted molar refractivity (Wildman–Crippen MR) is 191 cm³/mol. The van der Waals surface area contributed by atoms with Gasteiger partial charge >= 0.3 is 0 Å². The summed E-state index contributed by atoms with van der Waals surface area (Å²) in [6.07, 6.45) is 23.4. The second kappa shape index (κ2) is 10.8. The van der Waals surface area contributed by atoms with Gasteiger partial charge in [-0.3, -0.25) is 0 Å². The van der Waals surface area contributed by atoms with Gasteiger partial charge in [0.2, 0.25) is 0 Å². The molecule has 3 unspecified atom stereocenters. The molecule has 0 amide bonds. The van der Waals surface area contributed by atoms with E-state index in [2.05, 4.69) is 58.8 Å². The lowest BCUT2D eigenvalue weighted by Gasteiger charge is -2.67. The normalized spacial score (nSPS) is 46.1. The van der Waals surface area contributed by atoms with Crippen molar-refractivity contribution in [1.82, 2.24) is 10.6 Å². The van der Waals surface area contributed by atoms with Crippen molar-refractivity contribution in [1.29, 1.82) is 0 Å². The van der Waals surface area contributed by atoms with Crippen molar-refractivity contribution in [2.75, 3.05) is 26.2 Å². The summed E-state index contributed by atoms with van der Waals surface area (Å²) in [4.78, 5) is 0. The van der Waals surface area contributed by atoms with Crippen LogP contribution in [0.15, 0.2) is 18.2 Å². The largest absolute Gasteiger partial charge is 0.316 e. The molecule has 242 valence electrons. The van der Waals surface area contributed by atoms with Gasteiger partial charge < -0.3 is 10.6 Å². The fourth-order valence-corrected chi connectivity index (χ4v) is 20.3. The van der Waals surface area contributed by atoms with Gasteiger partial charge in [0.15, 0.2) is 0 Å². The molecular weight excluding hydrogens is 570 g/mol. The predicted octanol–water partition coefficient (Wildman–Crippen LogP) is 9.19. The molecule has 2 saturated heterocycles. The Morgan fingerprint density at radius 2 is 1.14 bits per heavy atom. The van der Waals surface area contributed by atoms with E-state index in [-0.39, 0.29) is 18.5 Å². The summed E-state index contributed by atoms with van der Waals surface area (Å²) in [5.74, 6) is 7.84. The number of rotatable bonds is 7. The quantitative estimate of drug-likeness (QED) is 0.293. The third-order valence-corrected chi connectivity index (χ3v) is 20.7. The number of nitrogens with one attached hydrogen (secondary N) is 2. The summed E-state index contributed by atoms with van der Waals surface area (Å²) in [6.45, 7) is 12.1. The maximum atomic E-state index is 3.82. The first-order valence-corrected chi connectivity index (χ1v) is 21.3. The molecule has 2 heterocycles. The highest BCUT2D eigenvalue weighted by Crippen LogP contribution is 2.80. The highest BCUT2D eigenvalue weighted by atomic mass is 31.1. The van der Waals surface area contributed by atoms with Crippen LogP contribution < -0.4 is 10.6 Å². The van der Waals surface area contributed by atoms with Crippen molar-refractivity contribution in [3.8, 4) is 0 Å². The first kappa shape index (κ1) is 30.1. The van der Waals surface area contributed by atoms with E-state index >= 15 is 0 Å². The van der Waals surface area contributed by atoms with Gasteiger partial charge in [-0.15, -0.1) is 9.24 Å². The molecule has 0 spiro atoms. The summed E-state index contributed by atoms with van der Waals surface area (Å²) in [7, 11) is 3.59. The van der Waals surface area contributed by atoms with Crippen LogP contribution >= 0.6 is 17.2 Å². The van der Waals surface area contributed by atoms with E-state index < -0.39 is 0 Å². The molecule has 1 aromatic rings. The first-order chi connectivity index (χ1) is 21.1. The SMILES string of the molecule is CC(C)(C)c1ccc(CP(C23CC4CC(CC(C4)C2)C3)C23CC4CC(CC(C4)C2)C3)c(C(P)(C2CCNC2)C2CCNC2)c1. The van der Waals surface area contributed by atoms with Crippen LogP contribution in [0.3, 0.4) is 0 Å². The molecule has 2 N–H and O–H groups in total. The topological polar surface area (TPSA) is 24.1 Å². The van der Waals surface area contributed by atoms with Gasteiger partial charge in [0.05, 0.1) is 0 Å². The van der Waals surface area contributed by atoms with Crippen molar-refractivity contribution in [3.05, 3.63) is 34.9 Å². The Balaban J connectivity index is 1.19. The fourth-order valence-electron chi connectivity index (χ4n) is 14.3. The minimum absolute atomic E-state index is 0.0511. The third kappa shape index (κ3) is 4.82. The zero-order valence-corrected chi connectivity index (χ0v) is 30.4. The molecule has 10 fully saturated rings. The number of hydrogen-bond acceptors (Lipinski definition) is 2. The van der Waals surface area contributed by atoms with Gasteiger partial charge in [-0.05, 0) is 202 Å². The Morgan fingerprint density at radius 3 is 1.50 bits per heavy atom. The Labute approximate surface area is 273 Å². The molecule has 3 atom stereocenters. The average molecular weight is 633 g/mol. The molecule has 2 nitrogen and oxygen atoms in total. The minimum Gasteiger partial charge on any atom is -0.316 e. The standard InChI is InChI=1S/C40H62N2P2/c1-37(2,3)33-5-4-32(36(16-33)40(43,34-6-8-41-23-34)35-7-9-42-24-35)25-44(38-17-26-10-27(18-38)12-28(11-26)19-38)39-20-29-13-30(21-39)15-31(14-29)22-39/h4-5,16,26-31,34-35,41-42H,6-15,17-25,43H2,1-3H3. The summed E-state index contributed by atoms with van der Waals surface area (Å²) in [5, 5.41) is 9.22. The molecule has 4 heteroatoms. The Morgan fingerprint density at radius 1 is 0.705 bits per heavy atom. The molecular formula is C40H62N2P2. The van der Waals surface area contributed by atoms with Crippen molar-refractivity contribution >= 4 is 17.2 Å². The van der Waals surface area contributed by atoms with Gasteiger partial charge in [-0.1, -0.05) is 46.9 Å². The molecule has 10 aliphatic rings. The summed E-state index contributed by atoms with van der Waals surface area (Å²) < 4.78 is 0. The van der Waals surface area contributed by atoms with Crippen LogP contribution in [-0.4, -0.2) is 36.5 Å². The Kier molecular flexibility index (Phi) is 7.35. The zero-order chi connectivity index (χ0) is 29.9. The van der Waals surface area contributed by atoms with Crippen LogP contribution in [0.5, 0.6) is 0 Å². The van der Waals surface area contributed by atoms with E-state index in [4.69, 9.17) is 0 Å². The molecule has 8 aliphatic carbocycles. The van der Waals surface area contributed by atoms with Crippen molar-refractivity contribution in [3.63, 3.8) is 0 Å². The lowest BCUT2D eigenvalue weighted by Crippen LogP contribution is -2.56. The molecule has 1 aromatic carbocycles. The van der Waals surface area contributed by atoms with Gasteiger partial charge in [0.1, 0.15) is 0 Å². The van der Waals surface area contributed by atoms with Crippen molar-refractivity contribution in [2.45, 2.75) is 138 Å². The summed E-state index contributed by atoms with van der Waals surface area (Å²) in [5.41, 5.74) is 5.34. The Hall–Kier alpha value is -0.0000000000000000555. The zero-order valence-electron chi connectivity index (χ0n) is 28.3. The lowest BCUT2D eigenvalue weighted by atomic mass is 9.55. The van der Waals surface area contributed by atoms with Gasteiger partial charge in [-0.2, -0.15) is 0 Å². The lowest BCUT2D eigenvalue weighted by molar-refractivity contribution is 0.0184. The molecule has 2 aliphatic heterocycles. The van der Waals surface area contributed by atoms with E-state index in [1.807, 2.05) is 5.56 Å². The Bertz CT molecular complexity index is 1120. The summed E-state index contributed by atoms with van der Waals surface area (Å²) >= 11 is 0. The fraction of sp³-hybridized carbons (Fsp3) is 0.850. The van der Waals surface area contributed by atoms with Crippen LogP contribution in [0.1, 0.15) is 127 Å². The van der Waals surface area contributed by atoms with E-state index in [0.717, 1.165) is 47.3 Å². The minimum atomic E-state index is -0.0511. The maximum Gasteiger partial charge on any atom is 0.0182 e. The highest BCUT2D eigenvalue weighted by molar-refractivity contribution is 7.60. The smallest absolute Gasteiger partial charge is 0.0182 e. The summed E-state index contributed by atoms with van der Waals surface area (Å²) in [6, 6.07) is 8.11. The van der Waals surface area contributed by atoms with Crippen LogP contribution in [0.2, 0.25) is 0 Å². The maximum absolute atomic E-state index is 3.82. The van der Waals surface area contributed by atoms with Crippen LogP contribution in [0.4, 0.5) is 0 Å². The van der Waals surface area contributed by atoms with Crippen LogP contribution in [0, 0.1) is 47.3 Å². The second-order valence-electron chi connectivity index (χ2n) is 19.3. The highest BCUT2D eigenvalue weighted by Gasteiger charge is 2.62. The molecule has 0 aromatic heterocycles. The molecule has 0 radical (unpaired) electrons. The van der Waals surface area contributed by atoms with Crippen LogP contribution in [-0.2, 0) is 16.7 Å². The van der Waals surface area contributed by atoms with E-state index in [1.165, 1.54) is 45.2 Å². The molecule has 8 bridgehead atoms. The average Bonchev–Trinajstić information content (AvgIpc) is 3.69. The third-order valence-electron chi connectivity index (χ3n) is 15.4. The molecule has 11 rings (SSSR count). The monoisotopic (exact) mass is 632 g/mol. The second-order valence-corrected chi connectivity index (χ2v) is 23.3. The number of hydrogen-bond donors (Lipinski definition) is 2. The van der Waals surface area contributed by atoms with Gasteiger partial charge in [0, 0.05) is 5.16 Å². The molecule has 8 saturated carbocycles. The van der Waals surface area contributed by atoms with Crippen molar-refractivity contribution in [2.24, 2.45) is 47.3 Å². The van der Waals surface area contributed by atoms with E-state index in [0.29, 0.717) is 10.3 Å². The van der Waals surface area contributed by atoms with Crippen LogP contribution in [0.25, 0.3) is 0 Å². The number of benzene rings is 1. The van der Waals surface area contributed by atoms with Crippen molar-refractivity contribution < 1.29 is 0 Å². The first-order valence-electron chi connectivity index (χ1n) is 19.2. The van der Waals surface area contributed by atoms with Gasteiger partial charge in [-0.25, -0.2) is 0 Å².